The zero-order chi connectivity index (χ0) is 28.0. The Morgan fingerprint density at radius 2 is 2.00 bits per heavy atom. The molecule has 2 aliphatic heterocycles. The maximum atomic E-state index is 13.2. The van der Waals surface area contributed by atoms with E-state index in [1.807, 2.05) is 42.6 Å². The summed E-state index contributed by atoms with van der Waals surface area (Å²) in [5.74, 6) is 1.31. The fraction of sp³-hybridized carbons (Fsp3) is 0.310. The first kappa shape index (κ1) is 27.5. The van der Waals surface area contributed by atoms with Crippen molar-refractivity contribution in [2.45, 2.75) is 12.8 Å². The summed E-state index contributed by atoms with van der Waals surface area (Å²) < 4.78 is 12.3. The summed E-state index contributed by atoms with van der Waals surface area (Å²) in [6.07, 6.45) is 5.07. The topological polar surface area (TPSA) is 109 Å². The molecule has 10 nitrogen and oxygen atoms in total. The van der Waals surface area contributed by atoms with Gasteiger partial charge in [0.1, 0.15) is 16.7 Å². The molecule has 0 aliphatic carbocycles. The van der Waals surface area contributed by atoms with Crippen LogP contribution in [-0.4, -0.2) is 91.6 Å². The number of nitrogens with zero attached hydrogens (tertiary/aromatic N) is 6. The normalized spacial score (nSPS) is 17.2. The van der Waals surface area contributed by atoms with Crippen LogP contribution in [0.1, 0.15) is 17.8 Å². The molecular formula is C29H29N7O3S2. The number of para-hydroxylation sites is 1. The Balaban J connectivity index is 1.22. The van der Waals surface area contributed by atoms with E-state index in [2.05, 4.69) is 48.7 Å². The molecule has 210 valence electrons. The van der Waals surface area contributed by atoms with Crippen LogP contribution >= 0.6 is 24.0 Å². The molecule has 0 bridgehead atoms. The van der Waals surface area contributed by atoms with Crippen molar-refractivity contribution in [2.75, 3.05) is 46.0 Å². The van der Waals surface area contributed by atoms with Crippen LogP contribution in [0.5, 0.6) is 5.75 Å². The van der Waals surface area contributed by atoms with Crippen molar-refractivity contribution in [1.29, 1.82) is 0 Å². The lowest BCUT2D eigenvalue weighted by Gasteiger charge is -2.26. The van der Waals surface area contributed by atoms with E-state index in [9.17, 15) is 4.79 Å². The second kappa shape index (κ2) is 12.9. The third-order valence-electron chi connectivity index (χ3n) is 7.02. The van der Waals surface area contributed by atoms with Crippen LogP contribution in [-0.2, 0) is 16.0 Å². The molecule has 1 N–H and O–H groups in total. The number of nitrogens with one attached hydrogen (secondary N) is 1. The molecule has 0 spiro atoms. The quantitative estimate of drug-likeness (QED) is 0.216. The van der Waals surface area contributed by atoms with Crippen LogP contribution in [0.25, 0.3) is 28.1 Å². The zero-order valence-electron chi connectivity index (χ0n) is 22.4. The molecule has 41 heavy (non-hydrogen) atoms. The van der Waals surface area contributed by atoms with E-state index in [1.165, 1.54) is 11.8 Å². The first-order valence-corrected chi connectivity index (χ1v) is 14.8. The SMILES string of the molecule is O=C1C(=Cc2ccc(OCCN3CCOCC3)c(-c3cnc4ccccc4c3)c2)SC(=S)N1CCCc1nn[nH]n1. The maximum absolute atomic E-state index is 13.2. The molecule has 2 fully saturated rings. The van der Waals surface area contributed by atoms with Gasteiger partial charge in [0.15, 0.2) is 5.82 Å². The van der Waals surface area contributed by atoms with Crippen molar-refractivity contribution in [3.8, 4) is 16.9 Å². The van der Waals surface area contributed by atoms with Crippen molar-refractivity contribution in [1.82, 2.24) is 35.4 Å². The van der Waals surface area contributed by atoms with Gasteiger partial charge < -0.3 is 9.47 Å². The molecule has 0 unspecified atom stereocenters. The van der Waals surface area contributed by atoms with Gasteiger partial charge in [0, 0.05) is 55.3 Å². The minimum Gasteiger partial charge on any atom is -0.492 e. The molecule has 12 heteroatoms. The number of thioether (sulfide) groups is 1. The predicted molar refractivity (Wildman–Crippen MR) is 162 cm³/mol. The van der Waals surface area contributed by atoms with E-state index in [1.54, 1.807) is 4.90 Å². The van der Waals surface area contributed by atoms with Crippen LogP contribution in [0.4, 0.5) is 0 Å². The summed E-state index contributed by atoms with van der Waals surface area (Å²) >= 11 is 6.85. The highest BCUT2D eigenvalue weighted by Crippen LogP contribution is 2.36. The lowest BCUT2D eigenvalue weighted by Crippen LogP contribution is -2.38. The molecule has 2 aromatic carbocycles. The number of rotatable bonds is 10. The number of carbonyl (C=O) groups is 1. The number of tetrazole rings is 1. The first-order valence-electron chi connectivity index (χ1n) is 13.5. The number of fused-ring (bicyclic) bond motifs is 1. The van der Waals surface area contributed by atoms with Crippen molar-refractivity contribution in [3.05, 3.63) is 71.0 Å². The summed E-state index contributed by atoms with van der Waals surface area (Å²) in [7, 11) is 0. The highest BCUT2D eigenvalue weighted by molar-refractivity contribution is 8.26. The molecule has 0 saturated carbocycles. The highest BCUT2D eigenvalue weighted by atomic mass is 32.2. The van der Waals surface area contributed by atoms with E-state index in [4.69, 9.17) is 21.7 Å². The van der Waals surface area contributed by atoms with Crippen molar-refractivity contribution < 1.29 is 14.3 Å². The Morgan fingerprint density at radius 3 is 2.85 bits per heavy atom. The number of aromatic amines is 1. The molecule has 2 aromatic heterocycles. The molecule has 2 aliphatic rings. The van der Waals surface area contributed by atoms with E-state index in [0.29, 0.717) is 41.0 Å². The van der Waals surface area contributed by atoms with Gasteiger partial charge in [0.2, 0.25) is 0 Å². The van der Waals surface area contributed by atoms with Gasteiger partial charge in [-0.15, -0.1) is 10.2 Å². The van der Waals surface area contributed by atoms with Crippen LogP contribution < -0.4 is 4.74 Å². The monoisotopic (exact) mass is 587 g/mol. The molecule has 1 amide bonds. The van der Waals surface area contributed by atoms with Crippen LogP contribution in [0.15, 0.2) is 59.6 Å². The number of hydrogen-bond acceptors (Lipinski definition) is 10. The van der Waals surface area contributed by atoms with Crippen molar-refractivity contribution >= 4 is 51.2 Å². The smallest absolute Gasteiger partial charge is 0.266 e. The fourth-order valence-electron chi connectivity index (χ4n) is 4.84. The second-order valence-corrected chi connectivity index (χ2v) is 11.4. The summed E-state index contributed by atoms with van der Waals surface area (Å²) in [5, 5.41) is 15.0. The predicted octanol–water partition coefficient (Wildman–Crippen LogP) is 3.96. The maximum Gasteiger partial charge on any atom is 0.266 e. The van der Waals surface area contributed by atoms with Gasteiger partial charge in [-0.25, -0.2) is 0 Å². The number of benzene rings is 2. The van der Waals surface area contributed by atoms with Crippen LogP contribution in [0.2, 0.25) is 0 Å². The van der Waals surface area contributed by atoms with Gasteiger partial charge in [0.25, 0.3) is 5.91 Å². The molecule has 0 atom stereocenters. The third kappa shape index (κ3) is 6.62. The first-order chi connectivity index (χ1) is 20.1. The number of carbonyl (C=O) groups excluding carboxylic acids is 1. The molecule has 2 saturated heterocycles. The van der Waals surface area contributed by atoms with E-state index in [-0.39, 0.29) is 5.91 Å². The van der Waals surface area contributed by atoms with Crippen LogP contribution in [0, 0.1) is 0 Å². The Kier molecular flexibility index (Phi) is 8.61. The van der Waals surface area contributed by atoms with E-state index >= 15 is 0 Å². The van der Waals surface area contributed by atoms with Gasteiger partial charge in [-0.1, -0.05) is 53.5 Å². The summed E-state index contributed by atoms with van der Waals surface area (Å²) in [4.78, 5) is 22.5. The lowest BCUT2D eigenvalue weighted by atomic mass is 10.0. The number of morpholine rings is 1. The Morgan fingerprint density at radius 1 is 1.12 bits per heavy atom. The number of thiocarbonyl (C=S) groups is 1. The summed E-state index contributed by atoms with van der Waals surface area (Å²) in [6, 6.07) is 16.2. The number of amides is 1. The second-order valence-electron chi connectivity index (χ2n) is 9.74. The summed E-state index contributed by atoms with van der Waals surface area (Å²) in [6.45, 7) is 5.24. The molecule has 6 rings (SSSR count). The molecular weight excluding hydrogens is 558 g/mol. The number of ether oxygens (including phenoxy) is 2. The van der Waals surface area contributed by atoms with Gasteiger partial charge in [0.05, 0.1) is 23.6 Å². The number of hydrogen-bond donors (Lipinski definition) is 1. The Bertz CT molecular complexity index is 1570. The van der Waals surface area contributed by atoms with Gasteiger partial charge in [-0.3, -0.25) is 19.6 Å². The van der Waals surface area contributed by atoms with E-state index in [0.717, 1.165) is 66.2 Å². The van der Waals surface area contributed by atoms with Crippen molar-refractivity contribution in [3.63, 3.8) is 0 Å². The number of aryl methyl sites for hydroxylation is 1. The number of pyridine rings is 1. The minimum atomic E-state index is -0.0899. The average molecular weight is 588 g/mol. The molecule has 4 aromatic rings. The standard InChI is InChI=1S/C29H29N7O3S2/c37-28-26(41-29(40)36(28)9-3-6-27-31-33-34-32-27)17-20-7-8-25(39-15-12-35-10-13-38-14-11-35)23(16-20)22-18-21-4-1-2-5-24(21)30-19-22/h1-2,4-5,7-8,16-19H,3,6,9-15H2,(H,31,32,33,34). The fourth-order valence-corrected chi connectivity index (χ4v) is 6.15. The third-order valence-corrected chi connectivity index (χ3v) is 8.39. The highest BCUT2D eigenvalue weighted by Gasteiger charge is 2.31. The van der Waals surface area contributed by atoms with Crippen LogP contribution in [0.3, 0.4) is 0 Å². The number of H-pyrrole nitrogens is 1. The summed E-state index contributed by atoms with van der Waals surface area (Å²) in [5.41, 5.74) is 3.70. The number of aromatic nitrogens is 5. The van der Waals surface area contributed by atoms with Gasteiger partial charge >= 0.3 is 0 Å². The zero-order valence-corrected chi connectivity index (χ0v) is 24.0. The molecule has 4 heterocycles. The Labute approximate surface area is 247 Å². The average Bonchev–Trinajstić information content (AvgIpc) is 3.62. The van der Waals surface area contributed by atoms with Gasteiger partial charge in [-0.05, 0) is 42.3 Å². The molecule has 0 radical (unpaired) electrons. The lowest BCUT2D eigenvalue weighted by molar-refractivity contribution is -0.122. The minimum absolute atomic E-state index is 0.0899. The Hall–Kier alpha value is -3.71. The van der Waals surface area contributed by atoms with Gasteiger partial charge in [-0.2, -0.15) is 5.21 Å². The van der Waals surface area contributed by atoms with E-state index < -0.39 is 0 Å². The van der Waals surface area contributed by atoms with Crippen molar-refractivity contribution in [2.24, 2.45) is 0 Å². The largest absolute Gasteiger partial charge is 0.492 e.